The fraction of sp³-hybridized carbons (Fsp3) is 0.120. The number of carbonyl (C=O) groups excluding carboxylic acids is 1. The zero-order valence-electron chi connectivity index (χ0n) is 18.5. The first-order chi connectivity index (χ1) is 17.0. The third-order valence-corrected chi connectivity index (χ3v) is 6.60. The number of thioether (sulfide) groups is 1. The van der Waals surface area contributed by atoms with Crippen LogP contribution in [0.2, 0.25) is 5.02 Å². The van der Waals surface area contributed by atoms with Crippen LogP contribution in [0.15, 0.2) is 82.7 Å². The summed E-state index contributed by atoms with van der Waals surface area (Å²) in [4.78, 5) is 29.5. The van der Waals surface area contributed by atoms with Crippen LogP contribution in [-0.4, -0.2) is 36.4 Å². The third-order valence-electron chi connectivity index (χ3n) is 5.38. The van der Waals surface area contributed by atoms with Crippen molar-refractivity contribution in [1.29, 1.82) is 0 Å². The molecule has 0 aliphatic heterocycles. The molecule has 0 spiro atoms. The summed E-state index contributed by atoms with van der Waals surface area (Å²) in [5, 5.41) is 13.0. The number of halogens is 1. The van der Waals surface area contributed by atoms with Crippen molar-refractivity contribution in [3.8, 4) is 0 Å². The maximum atomic E-state index is 12.6. The van der Waals surface area contributed by atoms with Gasteiger partial charge in [-0.05, 0) is 41.5 Å². The number of amides is 1. The van der Waals surface area contributed by atoms with E-state index in [1.807, 2.05) is 47.0 Å². The molecule has 0 unspecified atom stereocenters. The van der Waals surface area contributed by atoms with E-state index in [9.17, 15) is 9.59 Å². The van der Waals surface area contributed by atoms with Crippen molar-refractivity contribution in [2.45, 2.75) is 18.1 Å². The van der Waals surface area contributed by atoms with Crippen molar-refractivity contribution >= 4 is 46.0 Å². The minimum absolute atomic E-state index is 0.159. The largest absolute Gasteiger partial charge is 0.325 e. The number of rotatable bonds is 8. The zero-order valence-corrected chi connectivity index (χ0v) is 20.1. The summed E-state index contributed by atoms with van der Waals surface area (Å²) >= 11 is 7.37. The monoisotopic (exact) mass is 504 g/mol. The average molecular weight is 505 g/mol. The molecule has 0 radical (unpaired) electrons. The second kappa shape index (κ2) is 10.2. The number of H-pyrrole nitrogens is 2. The number of carbonyl (C=O) groups is 1. The number of fused-ring (bicyclic) bond motifs is 1. The standard InChI is InChI=1S/C25H21ClN6O2S/c26-18-8-6-17(7-9-18)14-32-22(12-16-4-2-1-3-5-16)30-31-25(32)35-15-23(33)27-19-10-11-20-21(13-19)29-24(34)28-20/h1-11,13H,12,14-15H2,(H,27,33)(H2,28,29,34). The molecule has 176 valence electrons. The first-order valence-electron chi connectivity index (χ1n) is 10.9. The number of aromatic amines is 2. The Balaban J connectivity index is 1.32. The molecule has 2 heterocycles. The Morgan fingerprint density at radius 1 is 0.943 bits per heavy atom. The highest BCUT2D eigenvalue weighted by Crippen LogP contribution is 2.22. The first-order valence-corrected chi connectivity index (χ1v) is 12.2. The summed E-state index contributed by atoms with van der Waals surface area (Å²) in [5.74, 6) is 0.792. The van der Waals surface area contributed by atoms with E-state index in [1.54, 1.807) is 18.2 Å². The van der Waals surface area contributed by atoms with Gasteiger partial charge in [0.2, 0.25) is 5.91 Å². The average Bonchev–Trinajstić information content (AvgIpc) is 3.41. The molecule has 0 aliphatic rings. The Morgan fingerprint density at radius 2 is 1.71 bits per heavy atom. The highest BCUT2D eigenvalue weighted by atomic mass is 35.5. The molecule has 3 aromatic carbocycles. The molecular formula is C25H21ClN6O2S. The summed E-state index contributed by atoms with van der Waals surface area (Å²) in [7, 11) is 0. The van der Waals surface area contributed by atoms with Gasteiger partial charge in [-0.1, -0.05) is 65.8 Å². The van der Waals surface area contributed by atoms with Crippen molar-refractivity contribution in [3.05, 3.63) is 105 Å². The molecule has 35 heavy (non-hydrogen) atoms. The van der Waals surface area contributed by atoms with Gasteiger partial charge >= 0.3 is 5.69 Å². The van der Waals surface area contributed by atoms with Crippen LogP contribution < -0.4 is 11.0 Å². The Kier molecular flexibility index (Phi) is 6.69. The molecule has 5 aromatic rings. The lowest BCUT2D eigenvalue weighted by atomic mass is 10.1. The number of imidazole rings is 1. The van der Waals surface area contributed by atoms with Crippen LogP contribution in [0.1, 0.15) is 17.0 Å². The highest BCUT2D eigenvalue weighted by Gasteiger charge is 2.16. The molecule has 0 saturated heterocycles. The highest BCUT2D eigenvalue weighted by molar-refractivity contribution is 7.99. The van der Waals surface area contributed by atoms with E-state index in [-0.39, 0.29) is 17.3 Å². The van der Waals surface area contributed by atoms with Crippen LogP contribution in [0.5, 0.6) is 0 Å². The Hall–Kier alpha value is -3.82. The smallest absolute Gasteiger partial charge is 0.323 e. The van der Waals surface area contributed by atoms with Crippen LogP contribution in [0, 0.1) is 0 Å². The van der Waals surface area contributed by atoms with Crippen LogP contribution in [0.25, 0.3) is 11.0 Å². The summed E-state index contributed by atoms with van der Waals surface area (Å²) < 4.78 is 2.03. The van der Waals surface area contributed by atoms with Gasteiger partial charge < -0.3 is 19.9 Å². The van der Waals surface area contributed by atoms with Gasteiger partial charge in [0.1, 0.15) is 5.82 Å². The number of hydrogen-bond donors (Lipinski definition) is 3. The van der Waals surface area contributed by atoms with Gasteiger partial charge in [-0.2, -0.15) is 0 Å². The van der Waals surface area contributed by atoms with Gasteiger partial charge in [0.25, 0.3) is 0 Å². The minimum Gasteiger partial charge on any atom is -0.325 e. The van der Waals surface area contributed by atoms with Crippen LogP contribution in [-0.2, 0) is 17.8 Å². The summed E-state index contributed by atoms with van der Waals surface area (Å²) in [6.45, 7) is 0.563. The lowest BCUT2D eigenvalue weighted by Crippen LogP contribution is -2.15. The first kappa shape index (κ1) is 22.9. The van der Waals surface area contributed by atoms with E-state index < -0.39 is 0 Å². The summed E-state index contributed by atoms with van der Waals surface area (Å²) in [6.07, 6.45) is 0.628. The number of benzene rings is 3. The molecule has 0 saturated carbocycles. The number of aromatic nitrogens is 5. The van der Waals surface area contributed by atoms with Crippen LogP contribution in [0.3, 0.4) is 0 Å². The van der Waals surface area contributed by atoms with Crippen LogP contribution >= 0.6 is 23.4 Å². The van der Waals surface area contributed by atoms with Gasteiger partial charge in [-0.25, -0.2) is 4.79 Å². The van der Waals surface area contributed by atoms with Crippen molar-refractivity contribution in [1.82, 2.24) is 24.7 Å². The second-order valence-corrected chi connectivity index (χ2v) is 9.33. The molecule has 0 fully saturated rings. The molecule has 0 atom stereocenters. The van der Waals surface area contributed by atoms with E-state index in [0.29, 0.717) is 39.9 Å². The third kappa shape index (κ3) is 5.64. The SMILES string of the molecule is O=C(CSc1nnc(Cc2ccccc2)n1Cc1ccc(Cl)cc1)Nc1ccc2[nH]c(=O)[nH]c2c1. The fourth-order valence-corrected chi connectivity index (χ4v) is 4.59. The number of anilines is 1. The Labute approximate surface area is 209 Å². The number of nitrogens with one attached hydrogen (secondary N) is 3. The predicted octanol–water partition coefficient (Wildman–Crippen LogP) is 4.47. The van der Waals surface area contributed by atoms with Crippen molar-refractivity contribution in [2.75, 3.05) is 11.1 Å². The molecule has 5 rings (SSSR count). The predicted molar refractivity (Wildman–Crippen MR) is 138 cm³/mol. The van der Waals surface area contributed by atoms with E-state index in [1.165, 1.54) is 11.8 Å². The van der Waals surface area contributed by atoms with Crippen LogP contribution in [0.4, 0.5) is 5.69 Å². The van der Waals surface area contributed by atoms with E-state index in [2.05, 4.69) is 37.6 Å². The van der Waals surface area contributed by atoms with Crippen molar-refractivity contribution in [3.63, 3.8) is 0 Å². The van der Waals surface area contributed by atoms with Crippen molar-refractivity contribution in [2.24, 2.45) is 0 Å². The van der Waals surface area contributed by atoms with Gasteiger partial charge in [0.15, 0.2) is 5.16 Å². The number of hydrogen-bond acceptors (Lipinski definition) is 5. The van der Waals surface area contributed by atoms with Gasteiger partial charge in [0.05, 0.1) is 23.3 Å². The molecule has 3 N–H and O–H groups in total. The minimum atomic E-state index is -0.287. The molecule has 0 bridgehead atoms. The molecular weight excluding hydrogens is 484 g/mol. The normalized spacial score (nSPS) is 11.1. The molecule has 8 nitrogen and oxygen atoms in total. The maximum Gasteiger partial charge on any atom is 0.323 e. The topological polar surface area (TPSA) is 108 Å². The van der Waals surface area contributed by atoms with Gasteiger partial charge in [0, 0.05) is 17.1 Å². The Bertz CT molecular complexity index is 1530. The lowest BCUT2D eigenvalue weighted by molar-refractivity contribution is -0.113. The molecule has 2 aromatic heterocycles. The zero-order chi connectivity index (χ0) is 24.2. The summed E-state index contributed by atoms with van der Waals surface area (Å²) in [6, 6.07) is 22.9. The number of nitrogens with zero attached hydrogens (tertiary/aromatic N) is 3. The second-order valence-electron chi connectivity index (χ2n) is 7.95. The lowest BCUT2D eigenvalue weighted by Gasteiger charge is -2.11. The maximum absolute atomic E-state index is 12.6. The Morgan fingerprint density at radius 3 is 2.51 bits per heavy atom. The van der Waals surface area contributed by atoms with E-state index >= 15 is 0 Å². The summed E-state index contributed by atoms with van der Waals surface area (Å²) in [5.41, 5.74) is 3.82. The molecule has 1 amide bonds. The van der Waals surface area contributed by atoms with Gasteiger partial charge in [-0.15, -0.1) is 10.2 Å². The van der Waals surface area contributed by atoms with E-state index in [0.717, 1.165) is 17.0 Å². The van der Waals surface area contributed by atoms with Crippen molar-refractivity contribution < 1.29 is 4.79 Å². The van der Waals surface area contributed by atoms with E-state index in [4.69, 9.17) is 11.6 Å². The molecule has 10 heteroatoms. The van der Waals surface area contributed by atoms with Gasteiger partial charge in [-0.3, -0.25) is 4.79 Å². The molecule has 0 aliphatic carbocycles. The fourth-order valence-electron chi connectivity index (χ4n) is 3.70. The quantitative estimate of drug-likeness (QED) is 0.270.